The Morgan fingerprint density at radius 1 is 1.05 bits per heavy atom. The van der Waals surface area contributed by atoms with Crippen LogP contribution in [0, 0.1) is 0 Å². The van der Waals surface area contributed by atoms with E-state index in [0.717, 1.165) is 15.8 Å². The quantitative estimate of drug-likeness (QED) is 0.660. The van der Waals surface area contributed by atoms with Crippen molar-refractivity contribution in [2.45, 2.75) is 5.25 Å². The van der Waals surface area contributed by atoms with Crippen molar-refractivity contribution in [3.63, 3.8) is 0 Å². The van der Waals surface area contributed by atoms with Crippen molar-refractivity contribution in [1.82, 2.24) is 0 Å². The van der Waals surface area contributed by atoms with E-state index in [9.17, 15) is 0 Å². The predicted molar refractivity (Wildman–Crippen MR) is 101 cm³/mol. The van der Waals surface area contributed by atoms with Gasteiger partial charge in [0, 0.05) is 5.75 Å². The zero-order valence-corrected chi connectivity index (χ0v) is 13.8. The Hall–Kier alpha value is -1.71. The Bertz CT molecular complexity index is 690. The van der Waals surface area contributed by atoms with Crippen LogP contribution in [-0.2, 0) is 0 Å². The van der Waals surface area contributed by atoms with E-state index in [1.807, 2.05) is 23.9 Å². The van der Waals surface area contributed by atoms with Gasteiger partial charge in [0.15, 0.2) is 0 Å². The van der Waals surface area contributed by atoms with Crippen molar-refractivity contribution in [2.75, 3.05) is 5.75 Å². The molecular weight excluding hydrogens is 306 g/mol. The van der Waals surface area contributed by atoms with Gasteiger partial charge in [-0.25, -0.2) is 4.99 Å². The molecule has 1 heterocycles. The van der Waals surface area contributed by atoms with Gasteiger partial charge in [0.1, 0.15) is 4.38 Å². The maximum Gasteiger partial charge on any atom is 0.131 e. The molecular formula is C19H17NS2. The molecule has 0 aromatic heterocycles. The molecule has 110 valence electrons. The second kappa shape index (κ2) is 7.52. The summed E-state index contributed by atoms with van der Waals surface area (Å²) < 4.78 is 1.11. The first-order chi connectivity index (χ1) is 10.9. The van der Waals surface area contributed by atoms with Crippen molar-refractivity contribution >= 4 is 33.6 Å². The van der Waals surface area contributed by atoms with Gasteiger partial charge in [-0.15, -0.1) is 6.58 Å². The summed E-state index contributed by atoms with van der Waals surface area (Å²) in [5.41, 5.74) is 3.53. The molecule has 22 heavy (non-hydrogen) atoms. The number of hydrogen-bond donors (Lipinski definition) is 0. The largest absolute Gasteiger partial charge is 0.235 e. The van der Waals surface area contributed by atoms with E-state index in [1.165, 1.54) is 11.1 Å². The normalized spacial score (nSPS) is 17.5. The number of aliphatic imine (C=N–C) groups is 1. The first-order valence-corrected chi connectivity index (χ1v) is 9.04. The van der Waals surface area contributed by atoms with Gasteiger partial charge in [-0.05, 0) is 17.2 Å². The summed E-state index contributed by atoms with van der Waals surface area (Å²) in [6.07, 6.45) is 4.18. The topological polar surface area (TPSA) is 12.4 Å². The Kier molecular flexibility index (Phi) is 5.20. The fourth-order valence-corrected chi connectivity index (χ4v) is 4.29. The number of rotatable bonds is 4. The molecule has 3 heteroatoms. The Labute approximate surface area is 140 Å². The monoisotopic (exact) mass is 323 g/mol. The number of nitrogens with zero attached hydrogens (tertiary/aromatic N) is 1. The van der Waals surface area contributed by atoms with Crippen LogP contribution in [0.2, 0.25) is 0 Å². The summed E-state index contributed by atoms with van der Waals surface area (Å²) in [5, 5.41) is 0.307. The van der Waals surface area contributed by atoms with E-state index in [0.29, 0.717) is 5.25 Å². The molecule has 1 nitrogen and oxygen atoms in total. The van der Waals surface area contributed by atoms with Crippen LogP contribution in [0.5, 0.6) is 0 Å². The molecule has 1 unspecified atom stereocenters. The Morgan fingerprint density at radius 3 is 2.41 bits per heavy atom. The third kappa shape index (κ3) is 3.73. The van der Waals surface area contributed by atoms with Gasteiger partial charge < -0.3 is 0 Å². The molecule has 0 radical (unpaired) electrons. The van der Waals surface area contributed by atoms with E-state index >= 15 is 0 Å². The second-order valence-corrected chi connectivity index (χ2v) is 7.24. The summed E-state index contributed by atoms with van der Waals surface area (Å²) >= 11 is 3.56. The molecule has 0 fully saturated rings. The fraction of sp³-hybridized carbons (Fsp3) is 0.105. The maximum atomic E-state index is 4.82. The lowest BCUT2D eigenvalue weighted by Crippen LogP contribution is -2.02. The lowest BCUT2D eigenvalue weighted by molar-refractivity contribution is 1.22. The molecule has 1 aliphatic rings. The van der Waals surface area contributed by atoms with E-state index < -0.39 is 0 Å². The van der Waals surface area contributed by atoms with E-state index in [1.54, 1.807) is 11.8 Å². The van der Waals surface area contributed by atoms with Crippen LogP contribution in [0.3, 0.4) is 0 Å². The molecule has 0 saturated heterocycles. The van der Waals surface area contributed by atoms with Crippen LogP contribution in [0.1, 0.15) is 16.4 Å². The van der Waals surface area contributed by atoms with Crippen LogP contribution in [0.15, 0.2) is 84.4 Å². The SMILES string of the molecule is C=CCSC1=NC(c2ccccc2)=CC(c2ccccc2)S1. The van der Waals surface area contributed by atoms with Crippen molar-refractivity contribution in [2.24, 2.45) is 4.99 Å². The highest BCUT2D eigenvalue weighted by atomic mass is 32.2. The van der Waals surface area contributed by atoms with Gasteiger partial charge in [0.25, 0.3) is 0 Å². The summed E-state index contributed by atoms with van der Waals surface area (Å²) in [7, 11) is 0. The summed E-state index contributed by atoms with van der Waals surface area (Å²) in [4.78, 5) is 4.82. The zero-order valence-electron chi connectivity index (χ0n) is 12.2. The Morgan fingerprint density at radius 2 is 1.73 bits per heavy atom. The van der Waals surface area contributed by atoms with Gasteiger partial charge in [0.05, 0.1) is 10.9 Å². The maximum absolute atomic E-state index is 4.82. The molecule has 3 rings (SSSR count). The van der Waals surface area contributed by atoms with Crippen LogP contribution in [0.25, 0.3) is 5.70 Å². The highest BCUT2D eigenvalue weighted by molar-refractivity contribution is 8.39. The third-order valence-electron chi connectivity index (χ3n) is 3.27. The molecule has 0 amide bonds. The molecule has 2 aromatic carbocycles. The molecule has 0 N–H and O–H groups in total. The molecule has 0 spiro atoms. The fourth-order valence-electron chi connectivity index (χ4n) is 2.22. The minimum Gasteiger partial charge on any atom is -0.235 e. The minimum absolute atomic E-state index is 0.307. The van der Waals surface area contributed by atoms with Gasteiger partial charge in [-0.1, -0.05) is 90.3 Å². The van der Waals surface area contributed by atoms with E-state index in [2.05, 4.69) is 67.3 Å². The standard InChI is InChI=1S/C19H17NS2/c1-2-13-21-19-20-17(15-9-5-3-6-10-15)14-18(22-19)16-11-7-4-8-12-16/h2-12,14,18H,1,13H2. The smallest absolute Gasteiger partial charge is 0.131 e. The highest BCUT2D eigenvalue weighted by Crippen LogP contribution is 2.41. The highest BCUT2D eigenvalue weighted by Gasteiger charge is 2.20. The van der Waals surface area contributed by atoms with Crippen molar-refractivity contribution < 1.29 is 0 Å². The van der Waals surface area contributed by atoms with Crippen molar-refractivity contribution in [3.05, 3.63) is 90.5 Å². The molecule has 0 saturated carbocycles. The summed E-state index contributed by atoms with van der Waals surface area (Å²) in [6, 6.07) is 21.0. The minimum atomic E-state index is 0.307. The third-order valence-corrected chi connectivity index (χ3v) is 5.61. The molecule has 1 atom stereocenters. The average Bonchev–Trinajstić information content (AvgIpc) is 2.61. The first-order valence-electron chi connectivity index (χ1n) is 7.18. The van der Waals surface area contributed by atoms with Gasteiger partial charge in [0.2, 0.25) is 0 Å². The number of thioether (sulfide) groups is 2. The lowest BCUT2D eigenvalue weighted by atomic mass is 10.1. The number of benzene rings is 2. The Balaban J connectivity index is 1.94. The van der Waals surface area contributed by atoms with Crippen molar-refractivity contribution in [3.8, 4) is 0 Å². The van der Waals surface area contributed by atoms with E-state index in [-0.39, 0.29) is 0 Å². The molecule has 0 bridgehead atoms. The molecule has 0 aliphatic carbocycles. The second-order valence-electron chi connectivity index (χ2n) is 4.84. The summed E-state index contributed by atoms with van der Waals surface area (Å²) in [6.45, 7) is 3.80. The average molecular weight is 323 g/mol. The van der Waals surface area contributed by atoms with Gasteiger partial charge in [-0.2, -0.15) is 0 Å². The lowest BCUT2D eigenvalue weighted by Gasteiger charge is -2.20. The van der Waals surface area contributed by atoms with Crippen LogP contribution >= 0.6 is 23.5 Å². The molecule has 1 aliphatic heterocycles. The van der Waals surface area contributed by atoms with Gasteiger partial charge in [-0.3, -0.25) is 0 Å². The van der Waals surface area contributed by atoms with Crippen LogP contribution in [-0.4, -0.2) is 10.1 Å². The summed E-state index contributed by atoms with van der Waals surface area (Å²) in [5.74, 6) is 0.884. The van der Waals surface area contributed by atoms with E-state index in [4.69, 9.17) is 4.99 Å². The van der Waals surface area contributed by atoms with Crippen LogP contribution < -0.4 is 0 Å². The number of hydrogen-bond acceptors (Lipinski definition) is 3. The van der Waals surface area contributed by atoms with Crippen molar-refractivity contribution in [1.29, 1.82) is 0 Å². The zero-order chi connectivity index (χ0) is 15.2. The molecule has 2 aromatic rings. The van der Waals surface area contributed by atoms with Gasteiger partial charge >= 0.3 is 0 Å². The predicted octanol–water partition coefficient (Wildman–Crippen LogP) is 5.79. The van der Waals surface area contributed by atoms with Crippen LogP contribution in [0.4, 0.5) is 0 Å². The first kappa shape index (κ1) is 15.2.